The van der Waals surface area contributed by atoms with Gasteiger partial charge in [0.25, 0.3) is 5.91 Å². The highest BCUT2D eigenvalue weighted by Crippen LogP contribution is 2.16. The van der Waals surface area contributed by atoms with Crippen molar-refractivity contribution >= 4 is 17.5 Å². The molecule has 2 rings (SSSR count). The number of carbonyl (C=O) groups is 2. The summed E-state index contributed by atoms with van der Waals surface area (Å²) in [6, 6.07) is 7.25. The summed E-state index contributed by atoms with van der Waals surface area (Å²) in [5, 5.41) is 2.89. The standard InChI is InChI=1S/C19H29N3O2/c1-21(2)13-7-8-18(23)20-17-11-9-16(10-12-17)19(24)22-14-5-3-4-6-15-22/h9-12H,3-8,13-15H2,1-2H3,(H,20,23). The van der Waals surface area contributed by atoms with E-state index in [1.807, 2.05) is 43.3 Å². The van der Waals surface area contributed by atoms with Gasteiger partial charge in [-0.15, -0.1) is 0 Å². The van der Waals surface area contributed by atoms with Crippen LogP contribution in [-0.2, 0) is 4.79 Å². The fourth-order valence-corrected chi connectivity index (χ4v) is 2.93. The van der Waals surface area contributed by atoms with Crippen LogP contribution in [0.3, 0.4) is 0 Å². The van der Waals surface area contributed by atoms with E-state index < -0.39 is 0 Å². The highest BCUT2D eigenvalue weighted by atomic mass is 16.2. The van der Waals surface area contributed by atoms with Crippen molar-refractivity contribution in [2.45, 2.75) is 38.5 Å². The third kappa shape index (κ3) is 5.96. The van der Waals surface area contributed by atoms with Crippen molar-refractivity contribution < 1.29 is 9.59 Å². The topological polar surface area (TPSA) is 52.7 Å². The van der Waals surface area contributed by atoms with Crippen LogP contribution >= 0.6 is 0 Å². The van der Waals surface area contributed by atoms with Crippen molar-refractivity contribution in [1.82, 2.24) is 9.80 Å². The van der Waals surface area contributed by atoms with Gasteiger partial charge in [0.1, 0.15) is 0 Å². The Morgan fingerprint density at radius 2 is 1.67 bits per heavy atom. The van der Waals surface area contributed by atoms with E-state index in [4.69, 9.17) is 0 Å². The van der Waals surface area contributed by atoms with Crippen molar-refractivity contribution in [3.8, 4) is 0 Å². The summed E-state index contributed by atoms with van der Waals surface area (Å²) in [4.78, 5) is 28.4. The molecule has 0 spiro atoms. The first-order valence-corrected chi connectivity index (χ1v) is 8.90. The van der Waals surface area contributed by atoms with Crippen LogP contribution in [0.2, 0.25) is 0 Å². The molecule has 1 aliphatic rings. The smallest absolute Gasteiger partial charge is 0.253 e. The minimum atomic E-state index is 0.0171. The summed E-state index contributed by atoms with van der Waals surface area (Å²) in [5.41, 5.74) is 1.44. The average molecular weight is 331 g/mol. The van der Waals surface area contributed by atoms with Gasteiger partial charge in [-0.05, 0) is 64.2 Å². The Morgan fingerprint density at radius 1 is 1.04 bits per heavy atom. The molecule has 132 valence electrons. The Labute approximate surface area is 145 Å². The fourth-order valence-electron chi connectivity index (χ4n) is 2.93. The number of nitrogens with one attached hydrogen (secondary N) is 1. The molecule has 2 amide bonds. The second kappa shape index (κ2) is 9.42. The predicted octanol–water partition coefficient (Wildman–Crippen LogP) is 2.98. The molecule has 24 heavy (non-hydrogen) atoms. The van der Waals surface area contributed by atoms with Crippen LogP contribution in [-0.4, -0.2) is 55.3 Å². The number of rotatable bonds is 6. The molecule has 0 atom stereocenters. The Hall–Kier alpha value is -1.88. The van der Waals surface area contributed by atoms with Crippen LogP contribution in [0.1, 0.15) is 48.9 Å². The summed E-state index contributed by atoms with van der Waals surface area (Å²) < 4.78 is 0. The fraction of sp³-hybridized carbons (Fsp3) is 0.579. The third-order valence-electron chi connectivity index (χ3n) is 4.32. The van der Waals surface area contributed by atoms with Gasteiger partial charge in [0.15, 0.2) is 0 Å². The zero-order valence-corrected chi connectivity index (χ0v) is 14.9. The maximum absolute atomic E-state index is 12.5. The number of amides is 2. The highest BCUT2D eigenvalue weighted by molar-refractivity contribution is 5.95. The molecule has 0 radical (unpaired) electrons. The molecule has 1 saturated heterocycles. The van der Waals surface area contributed by atoms with Crippen LogP contribution < -0.4 is 5.32 Å². The second-order valence-corrected chi connectivity index (χ2v) is 6.74. The molecule has 5 heteroatoms. The zero-order valence-electron chi connectivity index (χ0n) is 14.9. The number of nitrogens with zero attached hydrogens (tertiary/aromatic N) is 2. The molecule has 1 aliphatic heterocycles. The van der Waals surface area contributed by atoms with Crippen molar-refractivity contribution in [3.05, 3.63) is 29.8 Å². The average Bonchev–Trinajstić information content (AvgIpc) is 2.84. The minimum absolute atomic E-state index is 0.0171. The van der Waals surface area contributed by atoms with Gasteiger partial charge in [-0.2, -0.15) is 0 Å². The van der Waals surface area contributed by atoms with Gasteiger partial charge in [0.05, 0.1) is 0 Å². The molecule has 0 aliphatic carbocycles. The summed E-state index contributed by atoms with van der Waals surface area (Å²) in [7, 11) is 4.00. The Morgan fingerprint density at radius 3 is 2.25 bits per heavy atom. The van der Waals surface area contributed by atoms with Crippen molar-refractivity contribution in [1.29, 1.82) is 0 Å². The van der Waals surface area contributed by atoms with E-state index in [0.29, 0.717) is 12.0 Å². The number of anilines is 1. The van der Waals surface area contributed by atoms with Crippen LogP contribution in [0.15, 0.2) is 24.3 Å². The zero-order chi connectivity index (χ0) is 17.4. The molecule has 1 aromatic carbocycles. The summed E-state index contributed by atoms with van der Waals surface area (Å²) >= 11 is 0. The molecule has 1 heterocycles. The number of benzene rings is 1. The lowest BCUT2D eigenvalue weighted by Gasteiger charge is -2.20. The Kier molecular flexibility index (Phi) is 7.25. The van der Waals surface area contributed by atoms with E-state index in [1.165, 1.54) is 12.8 Å². The van der Waals surface area contributed by atoms with Crippen LogP contribution in [0.4, 0.5) is 5.69 Å². The molecule has 0 aromatic heterocycles. The molecular weight excluding hydrogens is 302 g/mol. The lowest BCUT2D eigenvalue weighted by Crippen LogP contribution is -2.31. The minimum Gasteiger partial charge on any atom is -0.339 e. The Balaban J connectivity index is 1.85. The maximum Gasteiger partial charge on any atom is 0.253 e. The molecular formula is C19H29N3O2. The molecule has 5 nitrogen and oxygen atoms in total. The lowest BCUT2D eigenvalue weighted by atomic mass is 10.1. The van der Waals surface area contributed by atoms with E-state index in [2.05, 4.69) is 10.2 Å². The monoisotopic (exact) mass is 331 g/mol. The highest BCUT2D eigenvalue weighted by Gasteiger charge is 2.17. The van der Waals surface area contributed by atoms with Crippen molar-refractivity contribution in [2.24, 2.45) is 0 Å². The van der Waals surface area contributed by atoms with Gasteiger partial charge < -0.3 is 15.1 Å². The largest absolute Gasteiger partial charge is 0.339 e. The van der Waals surface area contributed by atoms with Crippen molar-refractivity contribution in [3.63, 3.8) is 0 Å². The Bertz CT molecular complexity index is 532. The van der Waals surface area contributed by atoms with E-state index in [0.717, 1.165) is 44.6 Å². The van der Waals surface area contributed by atoms with E-state index in [9.17, 15) is 9.59 Å². The van der Waals surface area contributed by atoms with Gasteiger partial charge in [-0.25, -0.2) is 0 Å². The molecule has 1 N–H and O–H groups in total. The second-order valence-electron chi connectivity index (χ2n) is 6.74. The van der Waals surface area contributed by atoms with Gasteiger partial charge in [-0.1, -0.05) is 12.8 Å². The van der Waals surface area contributed by atoms with Crippen LogP contribution in [0.5, 0.6) is 0 Å². The van der Waals surface area contributed by atoms with Crippen molar-refractivity contribution in [2.75, 3.05) is 39.0 Å². The summed E-state index contributed by atoms with van der Waals surface area (Å²) in [6.07, 6.45) is 5.95. The van der Waals surface area contributed by atoms with Crippen LogP contribution in [0.25, 0.3) is 0 Å². The van der Waals surface area contributed by atoms with Gasteiger partial charge in [0, 0.05) is 30.8 Å². The number of hydrogen-bond donors (Lipinski definition) is 1. The van der Waals surface area contributed by atoms with E-state index >= 15 is 0 Å². The number of likely N-dealkylation sites (tertiary alicyclic amines) is 1. The molecule has 0 saturated carbocycles. The van der Waals surface area contributed by atoms with E-state index in [-0.39, 0.29) is 11.8 Å². The molecule has 0 bridgehead atoms. The SMILES string of the molecule is CN(C)CCCC(=O)Nc1ccc(C(=O)N2CCCCCC2)cc1. The predicted molar refractivity (Wildman–Crippen MR) is 97.2 cm³/mol. The summed E-state index contributed by atoms with van der Waals surface area (Å²) in [6.45, 7) is 2.60. The lowest BCUT2D eigenvalue weighted by molar-refractivity contribution is -0.116. The van der Waals surface area contributed by atoms with Gasteiger partial charge in [0.2, 0.25) is 5.91 Å². The van der Waals surface area contributed by atoms with Gasteiger partial charge >= 0.3 is 0 Å². The molecule has 1 aromatic rings. The summed E-state index contributed by atoms with van der Waals surface area (Å²) in [5.74, 6) is 0.115. The molecule has 1 fully saturated rings. The number of carbonyl (C=O) groups excluding carboxylic acids is 2. The first-order chi connectivity index (χ1) is 11.6. The normalized spacial score (nSPS) is 15.2. The number of hydrogen-bond acceptors (Lipinski definition) is 3. The first kappa shape index (κ1) is 18.5. The van der Waals surface area contributed by atoms with Gasteiger partial charge in [-0.3, -0.25) is 9.59 Å². The van der Waals surface area contributed by atoms with E-state index in [1.54, 1.807) is 0 Å². The van der Waals surface area contributed by atoms with Crippen LogP contribution in [0, 0.1) is 0 Å². The first-order valence-electron chi connectivity index (χ1n) is 8.90. The molecule has 0 unspecified atom stereocenters. The maximum atomic E-state index is 12.5. The third-order valence-corrected chi connectivity index (χ3v) is 4.32. The quantitative estimate of drug-likeness (QED) is 0.872.